The third-order valence-electron chi connectivity index (χ3n) is 2.70. The van der Waals surface area contributed by atoms with Gasteiger partial charge >= 0.3 is 10.1 Å². The molecule has 0 spiro atoms. The van der Waals surface area contributed by atoms with Crippen LogP contribution in [0.5, 0.6) is 5.75 Å². The van der Waals surface area contributed by atoms with Crippen LogP contribution in [0.3, 0.4) is 0 Å². The van der Waals surface area contributed by atoms with Gasteiger partial charge in [-0.1, -0.05) is 5.16 Å². The lowest BCUT2D eigenvalue weighted by Crippen LogP contribution is -2.07. The van der Waals surface area contributed by atoms with Crippen LogP contribution in [0.4, 0.5) is 0 Å². The van der Waals surface area contributed by atoms with Crippen molar-refractivity contribution >= 4 is 21.5 Å². The molecule has 0 amide bonds. The first kappa shape index (κ1) is 14.3. The number of hydrogen-bond acceptors (Lipinski definition) is 7. The third-order valence-corrected chi connectivity index (χ3v) is 5.50. The van der Waals surface area contributed by atoms with Gasteiger partial charge in [0.1, 0.15) is 5.75 Å². The monoisotopic (exact) mass is 332 g/mol. The predicted octanol–water partition coefficient (Wildman–Crippen LogP) is 3.04. The molecule has 1 aromatic carbocycles. The summed E-state index contributed by atoms with van der Waals surface area (Å²) in [6.45, 7) is 0. The second-order valence-corrected chi connectivity index (χ2v) is 7.03. The molecule has 2 aromatic heterocycles. The van der Waals surface area contributed by atoms with Crippen LogP contribution in [-0.4, -0.2) is 13.6 Å². The van der Waals surface area contributed by atoms with Crippen molar-refractivity contribution in [3.8, 4) is 22.5 Å². The van der Waals surface area contributed by atoms with E-state index in [2.05, 4.69) is 5.16 Å². The molecular weight excluding hydrogens is 324 g/mol. The van der Waals surface area contributed by atoms with E-state index in [0.29, 0.717) is 16.2 Å². The molecule has 0 fully saturated rings. The molecule has 0 saturated carbocycles. The molecule has 0 aliphatic carbocycles. The van der Waals surface area contributed by atoms with Gasteiger partial charge in [-0.05, 0) is 36.4 Å². The smallest absolute Gasteiger partial charge is 0.348 e. The van der Waals surface area contributed by atoms with Gasteiger partial charge in [0.05, 0.1) is 22.7 Å². The summed E-state index contributed by atoms with van der Waals surface area (Å²) in [5.74, 6) is 0.637. The summed E-state index contributed by atoms with van der Waals surface area (Å²) in [6, 6.07) is 12.5. The topological polar surface area (TPSA) is 93.2 Å². The molecule has 3 aromatic rings. The molecule has 8 heteroatoms. The van der Waals surface area contributed by atoms with Crippen molar-refractivity contribution in [2.45, 2.75) is 4.21 Å². The fourth-order valence-electron chi connectivity index (χ4n) is 1.68. The number of nitriles is 1. The Balaban J connectivity index is 1.85. The van der Waals surface area contributed by atoms with Crippen molar-refractivity contribution in [3.05, 3.63) is 54.2 Å². The van der Waals surface area contributed by atoms with Crippen molar-refractivity contribution in [1.82, 2.24) is 5.16 Å². The van der Waals surface area contributed by atoms with Gasteiger partial charge in [0.25, 0.3) is 0 Å². The predicted molar refractivity (Wildman–Crippen MR) is 78.8 cm³/mol. The van der Waals surface area contributed by atoms with Crippen LogP contribution in [-0.2, 0) is 10.1 Å². The molecule has 0 aliphatic rings. The van der Waals surface area contributed by atoms with E-state index >= 15 is 0 Å². The summed E-state index contributed by atoms with van der Waals surface area (Å²) >= 11 is 1.03. The van der Waals surface area contributed by atoms with E-state index in [4.69, 9.17) is 14.0 Å². The second kappa shape index (κ2) is 5.63. The first-order valence-electron chi connectivity index (χ1n) is 6.04. The highest BCUT2D eigenvalue weighted by molar-refractivity contribution is 7.89. The van der Waals surface area contributed by atoms with Crippen LogP contribution in [0.2, 0.25) is 0 Å². The molecule has 0 radical (unpaired) electrons. The van der Waals surface area contributed by atoms with E-state index in [0.717, 1.165) is 11.3 Å². The Labute approximate surface area is 130 Å². The summed E-state index contributed by atoms with van der Waals surface area (Å²) < 4.78 is 34.5. The lowest BCUT2D eigenvalue weighted by atomic mass is 10.2. The normalized spacial score (nSPS) is 11.0. The van der Waals surface area contributed by atoms with Gasteiger partial charge in [0.15, 0.2) is 9.97 Å². The maximum Gasteiger partial charge on any atom is 0.348 e. The SMILES string of the molecule is N#Cc1ccc(OS(=O)(=O)c2ccc(-c3ccno3)s2)cc1. The van der Waals surface area contributed by atoms with Gasteiger partial charge in [-0.2, -0.15) is 13.7 Å². The highest BCUT2D eigenvalue weighted by Gasteiger charge is 2.20. The number of nitrogens with zero attached hydrogens (tertiary/aromatic N) is 2. The minimum absolute atomic E-state index is 0.0586. The van der Waals surface area contributed by atoms with Crippen molar-refractivity contribution in [1.29, 1.82) is 5.26 Å². The van der Waals surface area contributed by atoms with Gasteiger partial charge in [-0.25, -0.2) is 0 Å². The lowest BCUT2D eigenvalue weighted by Gasteiger charge is -2.04. The van der Waals surface area contributed by atoms with E-state index in [1.165, 1.54) is 36.5 Å². The van der Waals surface area contributed by atoms with Gasteiger partial charge in [0.2, 0.25) is 0 Å². The molecule has 6 nitrogen and oxygen atoms in total. The number of hydrogen-bond donors (Lipinski definition) is 0. The second-order valence-electron chi connectivity index (χ2n) is 4.17. The fourth-order valence-corrected chi connectivity index (χ4v) is 3.84. The van der Waals surface area contributed by atoms with Gasteiger partial charge in [-0.15, -0.1) is 11.3 Å². The zero-order valence-corrected chi connectivity index (χ0v) is 12.6. The molecule has 2 heterocycles. The van der Waals surface area contributed by atoms with E-state index in [-0.39, 0.29) is 9.96 Å². The maximum absolute atomic E-state index is 12.2. The Kier molecular flexibility index (Phi) is 3.66. The van der Waals surface area contributed by atoms with Crippen molar-refractivity contribution in [3.63, 3.8) is 0 Å². The molecule has 3 rings (SSSR count). The lowest BCUT2D eigenvalue weighted by molar-refractivity contribution is 0.433. The van der Waals surface area contributed by atoms with E-state index in [1.807, 2.05) is 6.07 Å². The molecule has 0 atom stereocenters. The van der Waals surface area contributed by atoms with E-state index in [9.17, 15) is 8.42 Å². The van der Waals surface area contributed by atoms with Crippen LogP contribution < -0.4 is 4.18 Å². The van der Waals surface area contributed by atoms with E-state index < -0.39 is 10.1 Å². The molecule has 0 saturated heterocycles. The van der Waals surface area contributed by atoms with Crippen LogP contribution in [0.25, 0.3) is 10.6 Å². The average Bonchev–Trinajstić information content (AvgIpc) is 3.19. The van der Waals surface area contributed by atoms with Crippen molar-refractivity contribution < 1.29 is 17.1 Å². The van der Waals surface area contributed by atoms with Crippen LogP contribution in [0.15, 0.2) is 57.4 Å². The number of thiophene rings is 1. The summed E-state index contributed by atoms with van der Waals surface area (Å²) in [5.41, 5.74) is 0.425. The summed E-state index contributed by atoms with van der Waals surface area (Å²) in [5, 5.41) is 12.3. The minimum atomic E-state index is -3.93. The summed E-state index contributed by atoms with van der Waals surface area (Å²) in [6.07, 6.45) is 1.48. The Bertz CT molecular complexity index is 920. The molecular formula is C14H8N2O4S2. The first-order valence-corrected chi connectivity index (χ1v) is 8.26. The number of benzene rings is 1. The maximum atomic E-state index is 12.2. The molecule has 0 unspecified atom stereocenters. The van der Waals surface area contributed by atoms with E-state index in [1.54, 1.807) is 12.1 Å². The zero-order chi connectivity index (χ0) is 15.6. The number of rotatable bonds is 4. The summed E-state index contributed by atoms with van der Waals surface area (Å²) in [7, 11) is -3.93. The van der Waals surface area contributed by atoms with Crippen molar-refractivity contribution in [2.24, 2.45) is 0 Å². The molecule has 22 heavy (non-hydrogen) atoms. The highest BCUT2D eigenvalue weighted by atomic mass is 32.3. The molecule has 0 aliphatic heterocycles. The molecule has 110 valence electrons. The summed E-state index contributed by atoms with van der Waals surface area (Å²) in [4.78, 5) is 0.638. The van der Waals surface area contributed by atoms with Crippen LogP contribution in [0.1, 0.15) is 5.56 Å². The molecule has 0 N–H and O–H groups in total. The standard InChI is InChI=1S/C14H8N2O4S2/c15-9-10-1-3-11(4-2-10)20-22(17,18)14-6-5-13(21-14)12-7-8-16-19-12/h1-8H. The molecule has 0 bridgehead atoms. The largest absolute Gasteiger partial charge is 0.378 e. The minimum Gasteiger partial charge on any atom is -0.378 e. The van der Waals surface area contributed by atoms with Crippen LogP contribution in [0, 0.1) is 11.3 Å². The number of aromatic nitrogens is 1. The highest BCUT2D eigenvalue weighted by Crippen LogP contribution is 2.31. The van der Waals surface area contributed by atoms with Crippen LogP contribution >= 0.6 is 11.3 Å². The quantitative estimate of drug-likeness (QED) is 0.682. The van der Waals surface area contributed by atoms with Gasteiger partial charge in [0, 0.05) is 6.07 Å². The average molecular weight is 332 g/mol. The van der Waals surface area contributed by atoms with Gasteiger partial charge in [-0.3, -0.25) is 0 Å². The zero-order valence-electron chi connectivity index (χ0n) is 11.0. The Hall–Kier alpha value is -2.63. The first-order chi connectivity index (χ1) is 10.6. The Morgan fingerprint density at radius 1 is 1.14 bits per heavy atom. The fraction of sp³-hybridized carbons (Fsp3) is 0. The van der Waals surface area contributed by atoms with Crippen molar-refractivity contribution in [2.75, 3.05) is 0 Å². The third kappa shape index (κ3) is 2.86. The van der Waals surface area contributed by atoms with Gasteiger partial charge < -0.3 is 8.71 Å². The Morgan fingerprint density at radius 2 is 1.91 bits per heavy atom. The Morgan fingerprint density at radius 3 is 2.55 bits per heavy atom.